The van der Waals surface area contributed by atoms with E-state index >= 15 is 0 Å². The van der Waals surface area contributed by atoms with Gasteiger partial charge in [-0.3, -0.25) is 4.90 Å². The molecule has 0 spiro atoms. The monoisotopic (exact) mass is 310 g/mol. The number of amidine groups is 1. The summed E-state index contributed by atoms with van der Waals surface area (Å²) in [5.41, 5.74) is 0.282. The van der Waals surface area contributed by atoms with Gasteiger partial charge in [0.25, 0.3) is 0 Å². The van der Waals surface area contributed by atoms with E-state index in [0.717, 1.165) is 6.54 Å². The number of likely N-dealkylation sites (N-methyl/N-ethyl adjacent to an activating group) is 1. The zero-order valence-electron chi connectivity index (χ0n) is 11.3. The van der Waals surface area contributed by atoms with E-state index in [2.05, 4.69) is 35.8 Å². The third-order valence-electron chi connectivity index (χ3n) is 3.15. The lowest BCUT2D eigenvalue weighted by molar-refractivity contribution is 0.308. The Hall–Kier alpha value is 0.380. The van der Waals surface area contributed by atoms with Crippen molar-refractivity contribution in [3.63, 3.8) is 0 Å². The number of likely N-dealkylation sites (tertiary alicyclic amines) is 1. The quantitative estimate of drug-likeness (QED) is 0.739. The van der Waals surface area contributed by atoms with Crippen LogP contribution in [0.2, 0.25) is 0 Å². The van der Waals surface area contributed by atoms with Crippen LogP contribution in [-0.2, 0) is 0 Å². The highest BCUT2D eigenvalue weighted by atomic mass is 35.5. The van der Waals surface area contributed by atoms with Crippen LogP contribution in [0.1, 0.15) is 12.8 Å². The largest absolute Gasteiger partial charge is 0.353 e. The van der Waals surface area contributed by atoms with Crippen LogP contribution < -0.4 is 0 Å². The van der Waals surface area contributed by atoms with Gasteiger partial charge < -0.3 is 9.80 Å². The lowest BCUT2D eigenvalue weighted by Gasteiger charge is -2.21. The van der Waals surface area contributed by atoms with Gasteiger partial charge in [0, 0.05) is 20.1 Å². The number of aliphatic imine (C=N–C) groups is 1. The summed E-state index contributed by atoms with van der Waals surface area (Å²) in [5, 5.41) is 1.17. The summed E-state index contributed by atoms with van der Waals surface area (Å²) in [6, 6.07) is 0. The summed E-state index contributed by atoms with van der Waals surface area (Å²) in [6.45, 7) is 4.82. The molecule has 2 aliphatic rings. The first kappa shape index (κ1) is 16.4. The van der Waals surface area contributed by atoms with E-state index in [1.54, 1.807) is 10.8 Å². The van der Waals surface area contributed by atoms with Crippen LogP contribution in [0, 0.1) is 0 Å². The summed E-state index contributed by atoms with van der Waals surface area (Å²) >= 11 is 0. The Morgan fingerprint density at radius 3 is 2.50 bits per heavy atom. The molecule has 2 heterocycles. The molecule has 2 aliphatic heterocycles. The molecule has 0 amide bonds. The molecule has 106 valence electrons. The molecule has 2 rings (SSSR count). The predicted molar refractivity (Wildman–Crippen MR) is 85.6 cm³/mol. The summed E-state index contributed by atoms with van der Waals surface area (Å²) in [7, 11) is 9.94. The maximum Gasteiger partial charge on any atom is 0.172 e. The number of hydrogen-bond acceptors (Lipinski definition) is 6. The molecule has 1 unspecified atom stereocenters. The van der Waals surface area contributed by atoms with Crippen LogP contribution in [0.3, 0.4) is 0 Å². The second-order valence-corrected chi connectivity index (χ2v) is 7.07. The van der Waals surface area contributed by atoms with E-state index in [-0.39, 0.29) is 17.9 Å². The third kappa shape index (κ3) is 4.49. The van der Waals surface area contributed by atoms with Gasteiger partial charge in [-0.15, -0.1) is 12.4 Å². The highest BCUT2D eigenvalue weighted by Gasteiger charge is 2.23. The SMILES string of the molecule is CN(CCN1CCCC1)C1=NC(N(C)C)SS1.Cl. The van der Waals surface area contributed by atoms with Gasteiger partial charge in [-0.2, -0.15) is 0 Å². The Kier molecular flexibility index (Phi) is 7.16. The fourth-order valence-corrected chi connectivity index (χ4v) is 4.57. The molecule has 0 radical (unpaired) electrons. The van der Waals surface area contributed by atoms with E-state index in [4.69, 9.17) is 4.99 Å². The lowest BCUT2D eigenvalue weighted by atomic mass is 10.4. The second-order valence-electron chi connectivity index (χ2n) is 4.85. The van der Waals surface area contributed by atoms with Crippen molar-refractivity contribution in [3.8, 4) is 0 Å². The molecular formula is C11H23ClN4S2. The van der Waals surface area contributed by atoms with Gasteiger partial charge in [0.05, 0.1) is 0 Å². The van der Waals surface area contributed by atoms with E-state index < -0.39 is 0 Å². The third-order valence-corrected chi connectivity index (χ3v) is 5.76. The Morgan fingerprint density at radius 2 is 1.94 bits per heavy atom. The van der Waals surface area contributed by atoms with Crippen LogP contribution in [0.5, 0.6) is 0 Å². The Labute approximate surface area is 124 Å². The molecule has 0 aliphatic carbocycles. The van der Waals surface area contributed by atoms with Crippen molar-refractivity contribution in [2.75, 3.05) is 47.3 Å². The normalized spacial score (nSPS) is 24.2. The van der Waals surface area contributed by atoms with Crippen molar-refractivity contribution < 1.29 is 0 Å². The number of halogens is 1. The highest BCUT2D eigenvalue weighted by molar-refractivity contribution is 8.82. The van der Waals surface area contributed by atoms with Crippen LogP contribution in [-0.4, -0.2) is 72.7 Å². The summed E-state index contributed by atoms with van der Waals surface area (Å²) in [5.74, 6) is 0. The van der Waals surface area contributed by atoms with E-state index in [1.165, 1.54) is 37.6 Å². The first-order valence-electron chi connectivity index (χ1n) is 6.18. The minimum Gasteiger partial charge on any atom is -0.353 e. The van der Waals surface area contributed by atoms with Crippen LogP contribution >= 0.6 is 34.0 Å². The molecule has 0 N–H and O–H groups in total. The van der Waals surface area contributed by atoms with Crippen LogP contribution in [0.4, 0.5) is 0 Å². The van der Waals surface area contributed by atoms with Crippen molar-refractivity contribution >= 4 is 39.2 Å². The lowest BCUT2D eigenvalue weighted by Crippen LogP contribution is -2.33. The summed E-state index contributed by atoms with van der Waals surface area (Å²) in [4.78, 5) is 11.7. The molecule has 0 saturated carbocycles. The fraction of sp³-hybridized carbons (Fsp3) is 0.909. The van der Waals surface area contributed by atoms with E-state index in [9.17, 15) is 0 Å². The van der Waals surface area contributed by atoms with E-state index in [0.29, 0.717) is 0 Å². The van der Waals surface area contributed by atoms with Gasteiger partial charge in [0.15, 0.2) is 10.7 Å². The standard InChI is InChI=1S/C11H22N4S2.ClH/c1-13(2)10-12-11(17-16-10)14(3)8-9-15-6-4-5-7-15;/h10H,4-9H2,1-3H3;1H. The molecule has 4 nitrogen and oxygen atoms in total. The molecule has 0 aromatic heterocycles. The molecule has 0 bridgehead atoms. The fourth-order valence-electron chi connectivity index (χ4n) is 1.98. The van der Waals surface area contributed by atoms with E-state index in [1.807, 2.05) is 10.8 Å². The number of rotatable bonds is 4. The summed E-state index contributed by atoms with van der Waals surface area (Å²) in [6.07, 6.45) is 2.75. The molecule has 0 aromatic rings. The number of hydrogen-bond donors (Lipinski definition) is 0. The number of nitrogens with zero attached hydrogens (tertiary/aromatic N) is 4. The van der Waals surface area contributed by atoms with Crippen molar-refractivity contribution in [2.45, 2.75) is 18.3 Å². The first-order chi connectivity index (χ1) is 8.16. The molecular weight excluding hydrogens is 288 g/mol. The molecule has 7 heteroatoms. The summed E-state index contributed by atoms with van der Waals surface area (Å²) < 4.78 is 0. The maximum absolute atomic E-state index is 4.71. The van der Waals surface area contributed by atoms with Gasteiger partial charge in [0.1, 0.15) is 0 Å². The van der Waals surface area contributed by atoms with Gasteiger partial charge >= 0.3 is 0 Å². The molecule has 0 aromatic carbocycles. The maximum atomic E-state index is 4.71. The minimum atomic E-state index is 0. The van der Waals surface area contributed by atoms with Gasteiger partial charge in [-0.05, 0) is 61.6 Å². The molecule has 1 fully saturated rings. The van der Waals surface area contributed by atoms with Gasteiger partial charge in [-0.25, -0.2) is 4.99 Å². The Morgan fingerprint density at radius 1 is 1.28 bits per heavy atom. The average molecular weight is 311 g/mol. The second kappa shape index (κ2) is 7.85. The average Bonchev–Trinajstić information content (AvgIpc) is 2.96. The Balaban J connectivity index is 0.00000162. The smallest absolute Gasteiger partial charge is 0.172 e. The van der Waals surface area contributed by atoms with Gasteiger partial charge in [0.2, 0.25) is 0 Å². The first-order valence-corrected chi connectivity index (χ1v) is 8.39. The highest BCUT2D eigenvalue weighted by Crippen LogP contribution is 2.37. The van der Waals surface area contributed by atoms with Crippen LogP contribution in [0.15, 0.2) is 4.99 Å². The van der Waals surface area contributed by atoms with Crippen LogP contribution in [0.25, 0.3) is 0 Å². The zero-order chi connectivity index (χ0) is 12.3. The molecule has 1 saturated heterocycles. The van der Waals surface area contributed by atoms with Crippen molar-refractivity contribution in [1.82, 2.24) is 14.7 Å². The Bertz CT molecular complexity index is 282. The van der Waals surface area contributed by atoms with Gasteiger partial charge in [-0.1, -0.05) is 0 Å². The van der Waals surface area contributed by atoms with Crippen molar-refractivity contribution in [3.05, 3.63) is 0 Å². The predicted octanol–water partition coefficient (Wildman–Crippen LogP) is 2.03. The minimum absolute atomic E-state index is 0. The topological polar surface area (TPSA) is 22.1 Å². The molecule has 18 heavy (non-hydrogen) atoms. The van der Waals surface area contributed by atoms with Crippen molar-refractivity contribution in [1.29, 1.82) is 0 Å². The zero-order valence-corrected chi connectivity index (χ0v) is 13.8. The van der Waals surface area contributed by atoms with Crippen molar-refractivity contribution in [2.24, 2.45) is 4.99 Å². The molecule has 1 atom stereocenters.